The minimum absolute atomic E-state index is 0.260. The Morgan fingerprint density at radius 1 is 0.970 bits per heavy atom. The van der Waals surface area contributed by atoms with E-state index in [2.05, 4.69) is 11.4 Å². The van der Waals surface area contributed by atoms with Gasteiger partial charge in [0.1, 0.15) is 10.5 Å². The van der Waals surface area contributed by atoms with Crippen LogP contribution < -0.4 is 10.9 Å². The highest BCUT2D eigenvalue weighted by molar-refractivity contribution is 7.73. The van der Waals surface area contributed by atoms with E-state index in [0.29, 0.717) is 32.5 Å². The van der Waals surface area contributed by atoms with Gasteiger partial charge in [0.25, 0.3) is 5.56 Å². The summed E-state index contributed by atoms with van der Waals surface area (Å²) in [6.07, 6.45) is 0. The lowest BCUT2D eigenvalue weighted by atomic mass is 10.1. The second kappa shape index (κ2) is 8.73. The fourth-order valence-corrected chi connectivity index (χ4v) is 5.02. The number of nitrogens with one attached hydrogen (secondary N) is 1. The summed E-state index contributed by atoms with van der Waals surface area (Å²) >= 11 is 6.81. The molecule has 5 rings (SSSR count). The Hall–Kier alpha value is -3.62. The minimum Gasteiger partial charge on any atom is -0.351 e. The van der Waals surface area contributed by atoms with E-state index in [1.165, 1.54) is 28.0 Å². The summed E-state index contributed by atoms with van der Waals surface area (Å²) in [4.78, 5) is 18.5. The molecule has 0 spiro atoms. The molecular weight excluding hydrogens is 455 g/mol. The van der Waals surface area contributed by atoms with E-state index >= 15 is 0 Å². The van der Waals surface area contributed by atoms with Crippen LogP contribution in [0.1, 0.15) is 11.1 Å². The molecule has 2 aromatic heterocycles. The number of hydrogen-bond donors (Lipinski definition) is 1. The van der Waals surface area contributed by atoms with Gasteiger partial charge in [-0.1, -0.05) is 59.4 Å². The highest BCUT2D eigenvalue weighted by Crippen LogP contribution is 2.26. The summed E-state index contributed by atoms with van der Waals surface area (Å²) in [5.41, 5.74) is 3.79. The molecule has 1 N–H and O–H groups in total. The van der Waals surface area contributed by atoms with E-state index in [4.69, 9.17) is 17.2 Å². The van der Waals surface area contributed by atoms with Crippen molar-refractivity contribution in [1.82, 2.24) is 14.1 Å². The minimum atomic E-state index is -0.374. The smallest absolute Gasteiger partial charge is 0.279 e. The van der Waals surface area contributed by atoms with Gasteiger partial charge in [0.2, 0.25) is 5.95 Å². The highest BCUT2D eigenvalue weighted by Gasteiger charge is 2.18. The van der Waals surface area contributed by atoms with Gasteiger partial charge >= 0.3 is 0 Å². The molecule has 0 aliphatic heterocycles. The van der Waals surface area contributed by atoms with Crippen molar-refractivity contribution in [3.8, 4) is 11.4 Å². The molecule has 2 heterocycles. The van der Waals surface area contributed by atoms with E-state index in [9.17, 15) is 9.18 Å². The molecule has 0 aliphatic carbocycles. The van der Waals surface area contributed by atoms with Crippen LogP contribution in [-0.2, 0) is 6.54 Å². The van der Waals surface area contributed by atoms with Crippen molar-refractivity contribution >= 4 is 39.9 Å². The average Bonchev–Trinajstić information content (AvgIpc) is 3.15. The highest BCUT2D eigenvalue weighted by atomic mass is 32.1. The van der Waals surface area contributed by atoms with Crippen molar-refractivity contribution in [1.29, 1.82) is 0 Å². The number of thiazole rings is 1. The standard InChI is InChI=1S/C25H19FN4OS2/c1-16-6-5-7-17(14-16)15-27-24-28-22-21(23(31)30(24)20-12-10-18(26)11-13-20)33-25(32)29(22)19-8-3-2-4-9-19/h2-14H,15H2,1H3,(H,27,28). The number of benzene rings is 3. The van der Waals surface area contributed by atoms with Crippen LogP contribution >= 0.6 is 23.6 Å². The van der Waals surface area contributed by atoms with Crippen LogP contribution in [0, 0.1) is 16.7 Å². The van der Waals surface area contributed by atoms with Gasteiger partial charge < -0.3 is 5.32 Å². The van der Waals surface area contributed by atoms with Crippen molar-refractivity contribution in [2.45, 2.75) is 13.5 Å². The van der Waals surface area contributed by atoms with Gasteiger partial charge in [-0.25, -0.2) is 8.96 Å². The molecule has 0 saturated heterocycles. The van der Waals surface area contributed by atoms with Crippen LogP contribution in [0.3, 0.4) is 0 Å². The Morgan fingerprint density at radius 2 is 1.70 bits per heavy atom. The van der Waals surface area contributed by atoms with E-state index in [1.54, 1.807) is 12.1 Å². The van der Waals surface area contributed by atoms with Crippen molar-refractivity contribution in [3.63, 3.8) is 0 Å². The van der Waals surface area contributed by atoms with Crippen LogP contribution in [-0.4, -0.2) is 14.1 Å². The van der Waals surface area contributed by atoms with Gasteiger partial charge in [0.05, 0.1) is 5.69 Å². The molecule has 0 radical (unpaired) electrons. The maximum Gasteiger partial charge on any atom is 0.279 e. The Bertz CT molecular complexity index is 1570. The summed E-state index contributed by atoms with van der Waals surface area (Å²) < 4.78 is 17.8. The number of hydrogen-bond acceptors (Lipinski definition) is 5. The maximum absolute atomic E-state index is 13.6. The van der Waals surface area contributed by atoms with Crippen LogP contribution in [0.25, 0.3) is 21.7 Å². The normalized spacial score (nSPS) is 11.1. The van der Waals surface area contributed by atoms with E-state index in [-0.39, 0.29) is 11.4 Å². The molecular formula is C25H19FN4OS2. The number of nitrogens with zero attached hydrogens (tertiary/aromatic N) is 3. The lowest BCUT2D eigenvalue weighted by Gasteiger charge is -2.15. The van der Waals surface area contributed by atoms with Crippen LogP contribution in [0.2, 0.25) is 0 Å². The van der Waals surface area contributed by atoms with Gasteiger partial charge in [-0.2, -0.15) is 4.98 Å². The van der Waals surface area contributed by atoms with Gasteiger partial charge in [-0.05, 0) is 61.1 Å². The molecule has 0 fully saturated rings. The first kappa shape index (κ1) is 21.2. The number of aromatic nitrogens is 3. The Kier molecular flexibility index (Phi) is 5.62. The quantitative estimate of drug-likeness (QED) is 0.316. The molecule has 0 atom stereocenters. The number of halogens is 1. The second-order valence-corrected chi connectivity index (χ2v) is 9.23. The first-order valence-electron chi connectivity index (χ1n) is 10.3. The van der Waals surface area contributed by atoms with E-state index in [0.717, 1.165) is 16.8 Å². The first-order valence-corrected chi connectivity index (χ1v) is 11.5. The van der Waals surface area contributed by atoms with Crippen molar-refractivity contribution in [2.75, 3.05) is 5.32 Å². The summed E-state index contributed by atoms with van der Waals surface area (Å²) in [6, 6.07) is 23.5. The summed E-state index contributed by atoms with van der Waals surface area (Å²) in [6.45, 7) is 2.50. The lowest BCUT2D eigenvalue weighted by molar-refractivity contribution is 0.627. The summed E-state index contributed by atoms with van der Waals surface area (Å²) in [7, 11) is 0. The molecule has 164 valence electrons. The summed E-state index contributed by atoms with van der Waals surface area (Å²) in [5.74, 6) is -0.0147. The van der Waals surface area contributed by atoms with Crippen molar-refractivity contribution in [2.24, 2.45) is 0 Å². The Balaban J connectivity index is 1.72. The maximum atomic E-state index is 13.6. The zero-order chi connectivity index (χ0) is 22.9. The molecule has 0 unspecified atom stereocenters. The number of fused-ring (bicyclic) bond motifs is 1. The van der Waals surface area contributed by atoms with Gasteiger partial charge in [0, 0.05) is 12.2 Å². The molecule has 0 amide bonds. The first-order chi connectivity index (χ1) is 16.0. The molecule has 5 aromatic rings. The Morgan fingerprint density at radius 3 is 2.42 bits per heavy atom. The molecule has 0 aliphatic rings. The third-order valence-electron chi connectivity index (χ3n) is 5.24. The SMILES string of the molecule is Cc1cccc(CNc2nc3c(sc(=S)n3-c3ccccc3)c(=O)n2-c2ccc(F)cc2)c1. The van der Waals surface area contributed by atoms with E-state index < -0.39 is 0 Å². The fraction of sp³-hybridized carbons (Fsp3) is 0.0800. The molecule has 3 aromatic carbocycles. The number of rotatable bonds is 5. The van der Waals surface area contributed by atoms with Crippen LogP contribution in [0.4, 0.5) is 10.3 Å². The van der Waals surface area contributed by atoms with Gasteiger partial charge in [-0.15, -0.1) is 0 Å². The van der Waals surface area contributed by atoms with Crippen LogP contribution in [0.5, 0.6) is 0 Å². The van der Waals surface area contributed by atoms with Crippen LogP contribution in [0.15, 0.2) is 83.7 Å². The largest absolute Gasteiger partial charge is 0.351 e. The second-order valence-electron chi connectivity index (χ2n) is 7.59. The lowest BCUT2D eigenvalue weighted by Crippen LogP contribution is -2.23. The predicted octanol–water partition coefficient (Wildman–Crippen LogP) is 6.03. The topological polar surface area (TPSA) is 51.9 Å². The number of aryl methyl sites for hydroxylation is 1. The van der Waals surface area contributed by atoms with Gasteiger partial charge in [-0.3, -0.25) is 9.36 Å². The number of anilines is 1. The number of para-hydroxylation sites is 1. The summed E-state index contributed by atoms with van der Waals surface area (Å²) in [5, 5.41) is 3.31. The average molecular weight is 475 g/mol. The zero-order valence-corrected chi connectivity index (χ0v) is 19.3. The third-order valence-corrected chi connectivity index (χ3v) is 6.59. The van der Waals surface area contributed by atoms with Gasteiger partial charge in [0.15, 0.2) is 9.60 Å². The zero-order valence-electron chi connectivity index (χ0n) is 17.7. The van der Waals surface area contributed by atoms with E-state index in [1.807, 2.05) is 60.0 Å². The monoisotopic (exact) mass is 474 g/mol. The molecule has 8 heteroatoms. The fourth-order valence-electron chi connectivity index (χ4n) is 3.71. The molecule has 5 nitrogen and oxygen atoms in total. The molecule has 0 bridgehead atoms. The van der Waals surface area contributed by atoms with Crippen molar-refractivity contribution in [3.05, 3.63) is 110 Å². The molecule has 0 saturated carbocycles. The third kappa shape index (κ3) is 4.10. The molecule has 33 heavy (non-hydrogen) atoms. The predicted molar refractivity (Wildman–Crippen MR) is 134 cm³/mol. The Labute approximate surface area is 198 Å². The van der Waals surface area contributed by atoms with Crippen molar-refractivity contribution < 1.29 is 4.39 Å².